The third-order valence-corrected chi connectivity index (χ3v) is 2.91. The molecule has 1 aromatic carbocycles. The highest BCUT2D eigenvalue weighted by Crippen LogP contribution is 2.33. The summed E-state index contributed by atoms with van der Waals surface area (Å²) in [5.74, 6) is 1.50. The molecule has 0 aromatic heterocycles. The van der Waals surface area contributed by atoms with Gasteiger partial charge < -0.3 is 9.57 Å². The van der Waals surface area contributed by atoms with E-state index in [1.165, 1.54) is 12.8 Å². The van der Waals surface area contributed by atoms with Crippen LogP contribution in [0.25, 0.3) is 0 Å². The molecule has 0 saturated heterocycles. The zero-order valence-corrected chi connectivity index (χ0v) is 10.1. The number of halogens is 1. The normalized spacial score (nSPS) is 15.1. The summed E-state index contributed by atoms with van der Waals surface area (Å²) in [6, 6.07) is 5.75. The Morgan fingerprint density at radius 2 is 2.25 bits per heavy atom. The van der Waals surface area contributed by atoms with Gasteiger partial charge in [0.15, 0.2) is 0 Å². The van der Waals surface area contributed by atoms with Gasteiger partial charge in [-0.2, -0.15) is 5.48 Å². The van der Waals surface area contributed by atoms with Gasteiger partial charge in [-0.05, 0) is 24.8 Å². The molecule has 0 amide bonds. The molecule has 3 nitrogen and oxygen atoms in total. The number of hydrogen-bond donors (Lipinski definition) is 1. The molecule has 0 atom stereocenters. The first-order valence-electron chi connectivity index (χ1n) is 5.47. The first kappa shape index (κ1) is 11.7. The lowest BCUT2D eigenvalue weighted by Gasteiger charge is -2.12. The van der Waals surface area contributed by atoms with Gasteiger partial charge in [-0.3, -0.25) is 0 Å². The van der Waals surface area contributed by atoms with Crippen LogP contribution < -0.4 is 10.2 Å². The van der Waals surface area contributed by atoms with Crippen LogP contribution in [0.3, 0.4) is 0 Å². The summed E-state index contributed by atoms with van der Waals surface area (Å²) in [4.78, 5) is 4.83. The lowest BCUT2D eigenvalue weighted by Crippen LogP contribution is -2.12. The van der Waals surface area contributed by atoms with E-state index < -0.39 is 0 Å². The van der Waals surface area contributed by atoms with Crippen molar-refractivity contribution in [2.45, 2.75) is 19.4 Å². The number of benzene rings is 1. The van der Waals surface area contributed by atoms with Gasteiger partial charge in [0.05, 0.1) is 18.7 Å². The predicted octanol–water partition coefficient (Wildman–Crippen LogP) is 2.78. The molecule has 0 heterocycles. The van der Waals surface area contributed by atoms with E-state index in [1.54, 1.807) is 7.11 Å². The van der Waals surface area contributed by atoms with E-state index in [-0.39, 0.29) is 0 Å². The van der Waals surface area contributed by atoms with Crippen LogP contribution in [0.15, 0.2) is 18.2 Å². The summed E-state index contributed by atoms with van der Waals surface area (Å²) in [6.07, 6.45) is 2.55. The Labute approximate surface area is 101 Å². The Morgan fingerprint density at radius 3 is 2.94 bits per heavy atom. The van der Waals surface area contributed by atoms with E-state index in [2.05, 4.69) is 5.48 Å². The monoisotopic (exact) mass is 241 g/mol. The summed E-state index contributed by atoms with van der Waals surface area (Å²) in [7, 11) is 1.59. The maximum Gasteiger partial charge on any atom is 0.142 e. The summed E-state index contributed by atoms with van der Waals surface area (Å²) in [6.45, 7) is 1.36. The molecule has 0 radical (unpaired) electrons. The predicted molar refractivity (Wildman–Crippen MR) is 63.5 cm³/mol. The van der Waals surface area contributed by atoms with E-state index >= 15 is 0 Å². The van der Waals surface area contributed by atoms with E-state index in [0.29, 0.717) is 11.6 Å². The largest absolute Gasteiger partial charge is 0.491 e. The number of hydrogen-bond acceptors (Lipinski definition) is 3. The SMILES string of the molecule is CONCc1cccc(Cl)c1OCC1CC1. The second kappa shape index (κ2) is 5.53. The molecule has 2 rings (SSSR count). The molecule has 1 aliphatic rings. The topological polar surface area (TPSA) is 30.5 Å². The van der Waals surface area contributed by atoms with Crippen molar-refractivity contribution < 1.29 is 9.57 Å². The van der Waals surface area contributed by atoms with Gasteiger partial charge in [-0.25, -0.2) is 0 Å². The Kier molecular flexibility index (Phi) is 4.04. The summed E-state index contributed by atoms with van der Waals surface area (Å²) in [5.41, 5.74) is 3.82. The molecule has 0 bridgehead atoms. The minimum atomic E-state index is 0.594. The van der Waals surface area contributed by atoms with E-state index in [4.69, 9.17) is 21.2 Å². The number of rotatable bonds is 6. The molecule has 0 spiro atoms. The first-order chi connectivity index (χ1) is 7.81. The highest BCUT2D eigenvalue weighted by Gasteiger charge is 2.22. The molecule has 1 saturated carbocycles. The van der Waals surface area contributed by atoms with Crippen LogP contribution in [0.2, 0.25) is 5.02 Å². The van der Waals surface area contributed by atoms with Crippen molar-refractivity contribution in [1.82, 2.24) is 5.48 Å². The van der Waals surface area contributed by atoms with Crippen LogP contribution in [0, 0.1) is 5.92 Å². The fraction of sp³-hybridized carbons (Fsp3) is 0.500. The van der Waals surface area contributed by atoms with E-state index in [9.17, 15) is 0 Å². The van der Waals surface area contributed by atoms with Crippen LogP contribution in [0.1, 0.15) is 18.4 Å². The van der Waals surface area contributed by atoms with Crippen molar-refractivity contribution in [2.24, 2.45) is 5.92 Å². The van der Waals surface area contributed by atoms with Crippen molar-refractivity contribution >= 4 is 11.6 Å². The zero-order chi connectivity index (χ0) is 11.4. The second-order valence-electron chi connectivity index (χ2n) is 4.01. The standard InChI is InChI=1S/C12H16ClNO2/c1-15-14-7-10-3-2-4-11(13)12(10)16-8-9-5-6-9/h2-4,9,14H,5-8H2,1H3. The van der Waals surface area contributed by atoms with Crippen LogP contribution >= 0.6 is 11.6 Å². The average molecular weight is 242 g/mol. The van der Waals surface area contributed by atoms with E-state index in [1.807, 2.05) is 18.2 Å². The Bertz CT molecular complexity index is 353. The highest BCUT2D eigenvalue weighted by molar-refractivity contribution is 6.32. The van der Waals surface area contributed by atoms with Gasteiger partial charge in [-0.1, -0.05) is 23.7 Å². The third-order valence-electron chi connectivity index (χ3n) is 2.62. The van der Waals surface area contributed by atoms with Gasteiger partial charge >= 0.3 is 0 Å². The summed E-state index contributed by atoms with van der Waals surface area (Å²) >= 11 is 6.12. The minimum absolute atomic E-state index is 0.594. The number of nitrogens with one attached hydrogen (secondary N) is 1. The van der Waals surface area contributed by atoms with Crippen LogP contribution in [-0.4, -0.2) is 13.7 Å². The van der Waals surface area contributed by atoms with Gasteiger partial charge in [0.25, 0.3) is 0 Å². The molecular weight excluding hydrogens is 226 g/mol. The van der Waals surface area contributed by atoms with E-state index in [0.717, 1.165) is 23.8 Å². The number of hydroxylamine groups is 1. The molecule has 0 unspecified atom stereocenters. The summed E-state index contributed by atoms with van der Waals surface area (Å²) < 4.78 is 5.76. The fourth-order valence-electron chi connectivity index (χ4n) is 1.49. The molecule has 1 N–H and O–H groups in total. The third kappa shape index (κ3) is 3.11. The van der Waals surface area contributed by atoms with Crippen LogP contribution in [0.4, 0.5) is 0 Å². The van der Waals surface area contributed by atoms with Crippen molar-refractivity contribution in [3.05, 3.63) is 28.8 Å². The lowest BCUT2D eigenvalue weighted by molar-refractivity contribution is 0.0859. The number of ether oxygens (including phenoxy) is 1. The lowest BCUT2D eigenvalue weighted by atomic mass is 10.2. The van der Waals surface area contributed by atoms with Crippen molar-refractivity contribution in [3.63, 3.8) is 0 Å². The smallest absolute Gasteiger partial charge is 0.142 e. The fourth-order valence-corrected chi connectivity index (χ4v) is 1.74. The van der Waals surface area contributed by atoms with Crippen molar-refractivity contribution in [1.29, 1.82) is 0 Å². The molecule has 88 valence electrons. The molecular formula is C12H16ClNO2. The average Bonchev–Trinajstić information content (AvgIpc) is 3.09. The Morgan fingerprint density at radius 1 is 1.44 bits per heavy atom. The summed E-state index contributed by atoms with van der Waals surface area (Å²) in [5, 5.41) is 0.663. The van der Waals surface area contributed by atoms with Gasteiger partial charge in [0.1, 0.15) is 5.75 Å². The maximum atomic E-state index is 6.12. The quantitative estimate of drug-likeness (QED) is 0.777. The Hall–Kier alpha value is -0.770. The van der Waals surface area contributed by atoms with Crippen molar-refractivity contribution in [3.8, 4) is 5.75 Å². The van der Waals surface area contributed by atoms with Crippen LogP contribution in [-0.2, 0) is 11.4 Å². The molecule has 1 aliphatic carbocycles. The molecule has 16 heavy (non-hydrogen) atoms. The zero-order valence-electron chi connectivity index (χ0n) is 9.33. The minimum Gasteiger partial charge on any atom is -0.491 e. The molecule has 1 aromatic rings. The highest BCUT2D eigenvalue weighted by atomic mass is 35.5. The number of para-hydroxylation sites is 1. The maximum absolute atomic E-state index is 6.12. The molecule has 0 aliphatic heterocycles. The Balaban J connectivity index is 2.04. The van der Waals surface area contributed by atoms with Gasteiger partial charge in [0, 0.05) is 12.1 Å². The molecule has 1 fully saturated rings. The van der Waals surface area contributed by atoms with Gasteiger partial charge in [-0.15, -0.1) is 0 Å². The first-order valence-corrected chi connectivity index (χ1v) is 5.85. The van der Waals surface area contributed by atoms with Crippen molar-refractivity contribution in [2.75, 3.05) is 13.7 Å². The van der Waals surface area contributed by atoms with Gasteiger partial charge in [0.2, 0.25) is 0 Å². The second-order valence-corrected chi connectivity index (χ2v) is 4.41. The molecule has 4 heteroatoms. The van der Waals surface area contributed by atoms with Crippen LogP contribution in [0.5, 0.6) is 5.75 Å².